The predicted molar refractivity (Wildman–Crippen MR) is 71.9 cm³/mol. The quantitative estimate of drug-likeness (QED) is 0.673. The van der Waals surface area contributed by atoms with E-state index in [9.17, 15) is 4.79 Å². The molecule has 2 heterocycles. The van der Waals surface area contributed by atoms with E-state index in [2.05, 4.69) is 0 Å². The summed E-state index contributed by atoms with van der Waals surface area (Å²) in [6.07, 6.45) is 3.89. The Bertz CT molecular complexity index is 738. The van der Waals surface area contributed by atoms with Gasteiger partial charge in [0, 0.05) is 18.1 Å². The van der Waals surface area contributed by atoms with Crippen LogP contribution in [0.3, 0.4) is 0 Å². The summed E-state index contributed by atoms with van der Waals surface area (Å²) in [5.74, 6) is 0. The molecule has 0 aliphatic rings. The van der Waals surface area contributed by atoms with Crippen LogP contribution >= 0.6 is 0 Å². The van der Waals surface area contributed by atoms with E-state index in [4.69, 9.17) is 0 Å². The van der Waals surface area contributed by atoms with E-state index in [0.717, 1.165) is 16.8 Å². The smallest absolute Gasteiger partial charge is 0.275 e. The van der Waals surface area contributed by atoms with Crippen molar-refractivity contribution in [3.8, 4) is 0 Å². The summed E-state index contributed by atoms with van der Waals surface area (Å²) in [4.78, 5) is 12.4. The highest BCUT2D eigenvalue weighted by Gasteiger charge is 2.06. The summed E-state index contributed by atoms with van der Waals surface area (Å²) in [6.45, 7) is 2.58. The minimum Gasteiger partial charge on any atom is -0.317 e. The molecule has 3 aromatic rings. The standard InChI is InChI=1S/C15H14N2O/c1-12-10-16-9-5-8-14(16)15(18)17(12)11-13-6-3-2-4-7-13/h2-10H,11H2,1H3. The van der Waals surface area contributed by atoms with Crippen LogP contribution < -0.4 is 5.56 Å². The van der Waals surface area contributed by atoms with Crippen LogP contribution in [0.5, 0.6) is 0 Å². The van der Waals surface area contributed by atoms with Gasteiger partial charge < -0.3 is 8.97 Å². The fourth-order valence-corrected chi connectivity index (χ4v) is 2.22. The Morgan fingerprint density at radius 2 is 1.83 bits per heavy atom. The number of hydrogen-bond acceptors (Lipinski definition) is 1. The first-order chi connectivity index (χ1) is 8.75. The Labute approximate surface area is 105 Å². The lowest BCUT2D eigenvalue weighted by Crippen LogP contribution is -2.24. The van der Waals surface area contributed by atoms with Crippen molar-refractivity contribution in [1.82, 2.24) is 8.97 Å². The lowest BCUT2D eigenvalue weighted by Gasteiger charge is -2.11. The van der Waals surface area contributed by atoms with Gasteiger partial charge in [-0.15, -0.1) is 0 Å². The zero-order chi connectivity index (χ0) is 12.5. The molecule has 0 saturated carbocycles. The molecule has 3 heteroatoms. The van der Waals surface area contributed by atoms with Crippen molar-refractivity contribution in [3.05, 3.63) is 76.5 Å². The number of rotatable bonds is 2. The Kier molecular flexibility index (Phi) is 2.52. The van der Waals surface area contributed by atoms with Crippen LogP contribution in [-0.4, -0.2) is 8.97 Å². The monoisotopic (exact) mass is 238 g/mol. The van der Waals surface area contributed by atoms with Crippen LogP contribution in [0.4, 0.5) is 0 Å². The highest BCUT2D eigenvalue weighted by Crippen LogP contribution is 2.06. The summed E-state index contributed by atoms with van der Waals surface area (Å²) >= 11 is 0. The first-order valence-electron chi connectivity index (χ1n) is 5.97. The molecule has 18 heavy (non-hydrogen) atoms. The highest BCUT2D eigenvalue weighted by molar-refractivity contribution is 5.45. The molecule has 3 nitrogen and oxygen atoms in total. The summed E-state index contributed by atoms with van der Waals surface area (Å²) in [6, 6.07) is 13.8. The summed E-state index contributed by atoms with van der Waals surface area (Å²) in [7, 11) is 0. The van der Waals surface area contributed by atoms with E-state index in [1.165, 1.54) is 0 Å². The van der Waals surface area contributed by atoms with Crippen molar-refractivity contribution in [1.29, 1.82) is 0 Å². The molecular formula is C15H14N2O. The van der Waals surface area contributed by atoms with E-state index >= 15 is 0 Å². The van der Waals surface area contributed by atoms with Gasteiger partial charge in [-0.3, -0.25) is 4.79 Å². The van der Waals surface area contributed by atoms with Crippen LogP contribution in [0.15, 0.2) is 59.7 Å². The summed E-state index contributed by atoms with van der Waals surface area (Å²) < 4.78 is 3.68. The second-order valence-corrected chi connectivity index (χ2v) is 4.45. The molecule has 0 aliphatic carbocycles. The van der Waals surface area contributed by atoms with Crippen LogP contribution in [-0.2, 0) is 6.54 Å². The first-order valence-corrected chi connectivity index (χ1v) is 5.97. The molecule has 1 aromatic carbocycles. The minimum atomic E-state index is 0.0591. The first kappa shape index (κ1) is 10.8. The lowest BCUT2D eigenvalue weighted by molar-refractivity contribution is 0.722. The van der Waals surface area contributed by atoms with Crippen LogP contribution in [0, 0.1) is 6.92 Å². The molecule has 0 saturated heterocycles. The number of benzene rings is 1. The Balaban J connectivity index is 2.14. The van der Waals surface area contributed by atoms with E-state index in [-0.39, 0.29) is 5.56 Å². The van der Waals surface area contributed by atoms with Crippen molar-refractivity contribution in [3.63, 3.8) is 0 Å². The van der Waals surface area contributed by atoms with Gasteiger partial charge in [-0.1, -0.05) is 30.3 Å². The molecule has 0 bridgehead atoms. The molecule has 0 fully saturated rings. The van der Waals surface area contributed by atoms with Gasteiger partial charge in [-0.25, -0.2) is 0 Å². The van der Waals surface area contributed by atoms with Crippen LogP contribution in [0.1, 0.15) is 11.3 Å². The highest BCUT2D eigenvalue weighted by atomic mass is 16.1. The fraction of sp³-hybridized carbons (Fsp3) is 0.133. The molecule has 0 atom stereocenters. The van der Waals surface area contributed by atoms with Crippen LogP contribution in [0.2, 0.25) is 0 Å². The molecule has 2 aromatic heterocycles. The maximum Gasteiger partial charge on any atom is 0.275 e. The van der Waals surface area contributed by atoms with Gasteiger partial charge in [0.05, 0.1) is 6.54 Å². The number of hydrogen-bond donors (Lipinski definition) is 0. The molecule has 3 rings (SSSR count). The van der Waals surface area contributed by atoms with Gasteiger partial charge in [-0.05, 0) is 24.6 Å². The molecule has 0 spiro atoms. The number of nitrogens with zero attached hydrogens (tertiary/aromatic N) is 2. The molecule has 0 N–H and O–H groups in total. The Morgan fingerprint density at radius 3 is 2.61 bits per heavy atom. The normalized spacial score (nSPS) is 10.9. The van der Waals surface area contributed by atoms with E-state index in [1.54, 1.807) is 0 Å². The van der Waals surface area contributed by atoms with Crippen molar-refractivity contribution in [2.75, 3.05) is 0 Å². The van der Waals surface area contributed by atoms with Crippen molar-refractivity contribution in [2.24, 2.45) is 0 Å². The average molecular weight is 238 g/mol. The van der Waals surface area contributed by atoms with Gasteiger partial charge in [-0.2, -0.15) is 0 Å². The summed E-state index contributed by atoms with van der Waals surface area (Å²) in [5, 5.41) is 0. The number of fused-ring (bicyclic) bond motifs is 1. The second-order valence-electron chi connectivity index (χ2n) is 4.45. The lowest BCUT2D eigenvalue weighted by atomic mass is 10.2. The second kappa shape index (κ2) is 4.18. The molecule has 0 amide bonds. The van der Waals surface area contributed by atoms with E-state index in [1.807, 2.05) is 70.7 Å². The fourth-order valence-electron chi connectivity index (χ4n) is 2.22. The average Bonchev–Trinajstić information content (AvgIpc) is 2.84. The van der Waals surface area contributed by atoms with Gasteiger partial charge in [0.15, 0.2) is 0 Å². The number of aromatic nitrogens is 2. The largest absolute Gasteiger partial charge is 0.317 e. The van der Waals surface area contributed by atoms with Gasteiger partial charge in [0.2, 0.25) is 0 Å². The third-order valence-corrected chi connectivity index (χ3v) is 3.18. The maximum atomic E-state index is 12.4. The zero-order valence-corrected chi connectivity index (χ0v) is 10.2. The Morgan fingerprint density at radius 1 is 1.06 bits per heavy atom. The predicted octanol–water partition coefficient (Wildman–Crippen LogP) is 2.46. The number of aryl methyl sites for hydroxylation is 1. The SMILES string of the molecule is Cc1cn2cccc2c(=O)n1Cc1ccccc1. The molecular weight excluding hydrogens is 224 g/mol. The van der Waals surface area contributed by atoms with Crippen LogP contribution in [0.25, 0.3) is 5.52 Å². The molecule has 0 radical (unpaired) electrons. The van der Waals surface area contributed by atoms with Crippen molar-refractivity contribution in [2.45, 2.75) is 13.5 Å². The van der Waals surface area contributed by atoms with Crippen molar-refractivity contribution < 1.29 is 0 Å². The van der Waals surface area contributed by atoms with E-state index in [0.29, 0.717) is 6.54 Å². The third kappa shape index (κ3) is 1.74. The van der Waals surface area contributed by atoms with Gasteiger partial charge in [0.1, 0.15) is 5.52 Å². The minimum absolute atomic E-state index is 0.0591. The maximum absolute atomic E-state index is 12.4. The molecule has 0 unspecified atom stereocenters. The Hall–Kier alpha value is -2.29. The topological polar surface area (TPSA) is 26.4 Å². The summed E-state index contributed by atoms with van der Waals surface area (Å²) in [5.41, 5.74) is 2.88. The van der Waals surface area contributed by atoms with Gasteiger partial charge in [0.25, 0.3) is 5.56 Å². The van der Waals surface area contributed by atoms with E-state index < -0.39 is 0 Å². The molecule has 0 aliphatic heterocycles. The third-order valence-electron chi connectivity index (χ3n) is 3.18. The zero-order valence-electron chi connectivity index (χ0n) is 10.2. The van der Waals surface area contributed by atoms with Gasteiger partial charge >= 0.3 is 0 Å². The molecule has 90 valence electrons. The van der Waals surface area contributed by atoms with Crippen molar-refractivity contribution >= 4 is 5.52 Å².